The first-order valence-electron chi connectivity index (χ1n) is 11.7. The highest BCUT2D eigenvalue weighted by atomic mass is 79.9. The van der Waals surface area contributed by atoms with Crippen LogP contribution in [0.5, 0.6) is 0 Å². The number of benzene rings is 3. The van der Waals surface area contributed by atoms with Gasteiger partial charge < -0.3 is 0 Å². The molecule has 168 valence electrons. The van der Waals surface area contributed by atoms with Crippen LogP contribution < -0.4 is 0 Å². The van der Waals surface area contributed by atoms with Gasteiger partial charge >= 0.3 is 0 Å². The van der Waals surface area contributed by atoms with Crippen LogP contribution in [0.2, 0.25) is 0 Å². The van der Waals surface area contributed by atoms with Gasteiger partial charge in [-0.15, -0.1) is 11.3 Å². The standard InChI is InChI=1S/C31H21BrN2S/c1-31(17-16-25(32)22-10-4-6-12-24(22)31)30-33-27(21-15-14-19-8-2-3-9-20(19)18-21)29-28(34-30)23-11-5-7-13-26(23)35-29/h2-18,24H,1H3. The van der Waals surface area contributed by atoms with Crippen molar-refractivity contribution in [3.8, 4) is 11.3 Å². The summed E-state index contributed by atoms with van der Waals surface area (Å²) in [5.74, 6) is 1.02. The molecule has 3 aromatic carbocycles. The molecule has 5 aromatic rings. The molecule has 2 aliphatic carbocycles. The van der Waals surface area contributed by atoms with Crippen LogP contribution in [0, 0.1) is 5.92 Å². The molecule has 2 aliphatic rings. The fourth-order valence-electron chi connectivity index (χ4n) is 5.32. The second-order valence-corrected chi connectivity index (χ2v) is 11.3. The highest BCUT2D eigenvalue weighted by molar-refractivity contribution is 9.11. The van der Waals surface area contributed by atoms with E-state index < -0.39 is 0 Å². The van der Waals surface area contributed by atoms with Gasteiger partial charge in [-0.05, 0) is 35.4 Å². The molecule has 0 spiro atoms. The van der Waals surface area contributed by atoms with Gasteiger partial charge in [0.15, 0.2) is 0 Å². The molecular formula is C31H21BrN2S. The van der Waals surface area contributed by atoms with E-state index in [0.29, 0.717) is 0 Å². The molecular weight excluding hydrogens is 512 g/mol. The van der Waals surface area contributed by atoms with Crippen LogP contribution in [-0.2, 0) is 5.41 Å². The number of fused-ring (bicyclic) bond motifs is 5. The molecule has 0 saturated carbocycles. The minimum atomic E-state index is -0.364. The quantitative estimate of drug-likeness (QED) is 0.227. The molecule has 0 aliphatic heterocycles. The molecule has 0 fully saturated rings. The molecule has 0 bridgehead atoms. The molecule has 35 heavy (non-hydrogen) atoms. The smallest absolute Gasteiger partial charge is 0.140 e. The Morgan fingerprint density at radius 3 is 2.63 bits per heavy atom. The first-order valence-corrected chi connectivity index (χ1v) is 13.4. The van der Waals surface area contributed by atoms with E-state index in [1.807, 2.05) is 0 Å². The normalized spacial score (nSPS) is 21.4. The highest BCUT2D eigenvalue weighted by Crippen LogP contribution is 2.47. The van der Waals surface area contributed by atoms with Crippen LogP contribution in [0.25, 0.3) is 42.3 Å². The van der Waals surface area contributed by atoms with Gasteiger partial charge in [-0.3, -0.25) is 0 Å². The summed E-state index contributed by atoms with van der Waals surface area (Å²) in [6.07, 6.45) is 13.1. The fourth-order valence-corrected chi connectivity index (χ4v) is 6.98. The SMILES string of the molecule is CC1(c2nc(-c3ccc4ccccc4c3)c3sc4ccccc4c3n2)C=CC(Br)=C2C=CC=CC21. The van der Waals surface area contributed by atoms with Crippen molar-refractivity contribution in [1.82, 2.24) is 9.97 Å². The summed E-state index contributed by atoms with van der Waals surface area (Å²) < 4.78 is 3.51. The van der Waals surface area contributed by atoms with Crippen molar-refractivity contribution < 1.29 is 0 Å². The van der Waals surface area contributed by atoms with Gasteiger partial charge in [-0.1, -0.05) is 107 Å². The predicted molar refractivity (Wildman–Crippen MR) is 152 cm³/mol. The van der Waals surface area contributed by atoms with Crippen LogP contribution in [0.1, 0.15) is 12.7 Å². The van der Waals surface area contributed by atoms with Crippen LogP contribution in [0.4, 0.5) is 0 Å². The third kappa shape index (κ3) is 3.20. The van der Waals surface area contributed by atoms with E-state index in [2.05, 4.69) is 126 Å². The summed E-state index contributed by atoms with van der Waals surface area (Å²) in [6.45, 7) is 2.26. The average Bonchev–Trinajstić information content (AvgIpc) is 3.29. The number of rotatable bonds is 2. The maximum Gasteiger partial charge on any atom is 0.140 e. The maximum atomic E-state index is 5.34. The Hall–Kier alpha value is -3.34. The molecule has 0 amide bonds. The summed E-state index contributed by atoms with van der Waals surface area (Å²) in [6, 6.07) is 23.7. The van der Waals surface area contributed by atoms with E-state index in [-0.39, 0.29) is 11.3 Å². The van der Waals surface area contributed by atoms with Gasteiger partial charge in [0.1, 0.15) is 5.82 Å². The molecule has 7 rings (SSSR count). The lowest BCUT2D eigenvalue weighted by atomic mass is 9.68. The molecule has 2 heterocycles. The summed E-state index contributed by atoms with van der Waals surface area (Å²) in [5.41, 5.74) is 4.08. The third-order valence-electron chi connectivity index (χ3n) is 7.25. The minimum absolute atomic E-state index is 0.165. The van der Waals surface area contributed by atoms with Crippen molar-refractivity contribution >= 4 is 58.3 Å². The van der Waals surface area contributed by atoms with Crippen molar-refractivity contribution in [3.63, 3.8) is 0 Å². The van der Waals surface area contributed by atoms with Gasteiger partial charge in [0.25, 0.3) is 0 Å². The van der Waals surface area contributed by atoms with E-state index >= 15 is 0 Å². The lowest BCUT2D eigenvalue weighted by Gasteiger charge is -2.37. The highest BCUT2D eigenvalue weighted by Gasteiger charge is 2.40. The van der Waals surface area contributed by atoms with Crippen molar-refractivity contribution in [2.45, 2.75) is 12.3 Å². The molecule has 0 saturated heterocycles. The van der Waals surface area contributed by atoms with E-state index in [0.717, 1.165) is 31.8 Å². The number of nitrogens with zero attached hydrogens (tertiary/aromatic N) is 2. The lowest BCUT2D eigenvalue weighted by Crippen LogP contribution is -2.34. The molecule has 4 heteroatoms. The Morgan fingerprint density at radius 2 is 1.71 bits per heavy atom. The number of halogens is 1. The third-order valence-corrected chi connectivity index (χ3v) is 9.14. The summed E-state index contributed by atoms with van der Waals surface area (Å²) in [7, 11) is 0. The predicted octanol–water partition coefficient (Wildman–Crippen LogP) is 8.88. The lowest BCUT2D eigenvalue weighted by molar-refractivity contribution is 0.455. The summed E-state index contributed by atoms with van der Waals surface area (Å²) in [4.78, 5) is 10.6. The topological polar surface area (TPSA) is 25.8 Å². The first-order chi connectivity index (χ1) is 17.1. The van der Waals surface area contributed by atoms with E-state index in [4.69, 9.17) is 9.97 Å². The van der Waals surface area contributed by atoms with E-state index in [9.17, 15) is 0 Å². The first kappa shape index (κ1) is 21.0. The van der Waals surface area contributed by atoms with Gasteiger partial charge in [0.2, 0.25) is 0 Å². The van der Waals surface area contributed by atoms with Crippen LogP contribution in [-0.4, -0.2) is 9.97 Å². The molecule has 0 radical (unpaired) electrons. The molecule has 2 atom stereocenters. The zero-order valence-electron chi connectivity index (χ0n) is 19.1. The number of hydrogen-bond acceptors (Lipinski definition) is 3. The van der Waals surface area contributed by atoms with Crippen LogP contribution >= 0.6 is 27.3 Å². The Balaban J connectivity index is 1.53. The zero-order chi connectivity index (χ0) is 23.6. The van der Waals surface area contributed by atoms with Gasteiger partial charge in [0.05, 0.1) is 21.3 Å². The second-order valence-electron chi connectivity index (χ2n) is 9.37. The number of allylic oxidation sites excluding steroid dienone is 8. The number of hydrogen-bond donors (Lipinski definition) is 0. The maximum absolute atomic E-state index is 5.34. The Bertz CT molecular complexity index is 1790. The molecule has 2 aromatic heterocycles. The number of thiophene rings is 1. The molecule has 0 N–H and O–H groups in total. The van der Waals surface area contributed by atoms with Crippen LogP contribution in [0.15, 0.2) is 113 Å². The van der Waals surface area contributed by atoms with Crippen LogP contribution in [0.3, 0.4) is 0 Å². The van der Waals surface area contributed by atoms with E-state index in [1.165, 1.54) is 26.4 Å². The van der Waals surface area contributed by atoms with Gasteiger partial charge in [-0.25, -0.2) is 9.97 Å². The fraction of sp³-hybridized carbons (Fsp3) is 0.0968. The number of aromatic nitrogens is 2. The molecule has 2 nitrogen and oxygen atoms in total. The second kappa shape index (κ2) is 7.84. The minimum Gasteiger partial charge on any atom is -0.230 e. The largest absolute Gasteiger partial charge is 0.230 e. The van der Waals surface area contributed by atoms with Crippen molar-refractivity contribution in [3.05, 3.63) is 119 Å². The Kier molecular flexibility index (Phi) is 4.70. The van der Waals surface area contributed by atoms with Crippen molar-refractivity contribution in [2.24, 2.45) is 5.92 Å². The van der Waals surface area contributed by atoms with Gasteiger partial charge in [-0.2, -0.15) is 0 Å². The Labute approximate surface area is 216 Å². The van der Waals surface area contributed by atoms with Crippen molar-refractivity contribution in [1.29, 1.82) is 0 Å². The zero-order valence-corrected chi connectivity index (χ0v) is 21.5. The van der Waals surface area contributed by atoms with Gasteiger partial charge in [0, 0.05) is 26.0 Å². The summed E-state index contributed by atoms with van der Waals surface area (Å²) in [5, 5.41) is 3.65. The summed E-state index contributed by atoms with van der Waals surface area (Å²) >= 11 is 5.54. The monoisotopic (exact) mass is 532 g/mol. The van der Waals surface area contributed by atoms with Crippen molar-refractivity contribution in [2.75, 3.05) is 0 Å². The Morgan fingerprint density at radius 1 is 0.886 bits per heavy atom. The average molecular weight is 533 g/mol. The molecule has 2 unspecified atom stereocenters. The van der Waals surface area contributed by atoms with E-state index in [1.54, 1.807) is 11.3 Å².